The fourth-order valence-electron chi connectivity index (χ4n) is 2.90. The molecule has 0 N–H and O–H groups in total. The van der Waals surface area contributed by atoms with Gasteiger partial charge in [-0.15, -0.1) is 0 Å². The van der Waals surface area contributed by atoms with E-state index in [9.17, 15) is 20.2 Å². The van der Waals surface area contributed by atoms with Crippen LogP contribution in [-0.4, -0.2) is 9.85 Å². The van der Waals surface area contributed by atoms with Crippen LogP contribution in [0.3, 0.4) is 0 Å². The van der Waals surface area contributed by atoms with Gasteiger partial charge in [-0.3, -0.25) is 20.2 Å². The first-order valence-electron chi connectivity index (χ1n) is 8.59. The van der Waals surface area contributed by atoms with Gasteiger partial charge in [0.1, 0.15) is 5.02 Å². The zero-order valence-corrected chi connectivity index (χ0v) is 15.8. The predicted octanol–water partition coefficient (Wildman–Crippen LogP) is 6.66. The summed E-state index contributed by atoms with van der Waals surface area (Å²) in [5.74, 6) is 0. The van der Waals surface area contributed by atoms with Gasteiger partial charge in [-0.1, -0.05) is 90.5 Å². The minimum atomic E-state index is -0.840. The molecule has 0 saturated heterocycles. The molecule has 0 aliphatic carbocycles. The number of rotatable bonds is 3. The Balaban J connectivity index is 0.000000176. The van der Waals surface area contributed by atoms with Gasteiger partial charge >= 0.3 is 11.4 Å². The third-order valence-electron chi connectivity index (χ3n) is 4.19. The normalized spacial score (nSPS) is 10.1. The van der Waals surface area contributed by atoms with Crippen LogP contribution in [0.25, 0.3) is 21.9 Å². The molecule has 0 heterocycles. The topological polar surface area (TPSA) is 86.3 Å². The summed E-state index contributed by atoms with van der Waals surface area (Å²) in [4.78, 5) is 20.1. The first kappa shape index (κ1) is 20.0. The average molecular weight is 407 g/mol. The Hall–Kier alpha value is -3.77. The van der Waals surface area contributed by atoms with Crippen molar-refractivity contribution < 1.29 is 9.85 Å². The molecule has 4 rings (SSSR count). The number of hydrogen-bond donors (Lipinski definition) is 0. The highest BCUT2D eigenvalue weighted by atomic mass is 35.5. The quantitative estimate of drug-likeness (QED) is 0.281. The largest absolute Gasteiger partial charge is 0.365 e. The SMILES string of the molecule is O=[N+]([O-])c1c(Cl)cc2ccccc2c1[N+](=O)[O-].c1ccc(-c2ccccc2)cc1. The third-order valence-corrected chi connectivity index (χ3v) is 4.48. The van der Waals surface area contributed by atoms with E-state index in [1.54, 1.807) is 18.2 Å². The van der Waals surface area contributed by atoms with Crippen molar-refractivity contribution in [3.8, 4) is 11.1 Å². The van der Waals surface area contributed by atoms with E-state index in [2.05, 4.69) is 48.5 Å². The standard InChI is InChI=1S/C12H10.C10H5ClN2O4/c1-3-7-11(8-4-1)12-9-5-2-6-10-12;11-8-5-6-3-1-2-4-7(6)9(12(14)15)10(8)13(16)17/h1-10H;1-5H. The molecule has 0 atom stereocenters. The molecule has 7 heteroatoms. The van der Waals surface area contributed by atoms with Crippen molar-refractivity contribution in [1.29, 1.82) is 0 Å². The minimum Gasteiger partial charge on any atom is -0.258 e. The van der Waals surface area contributed by atoms with Crippen molar-refractivity contribution in [2.24, 2.45) is 0 Å². The Kier molecular flexibility index (Phi) is 6.16. The Morgan fingerprint density at radius 3 is 1.55 bits per heavy atom. The fraction of sp³-hybridized carbons (Fsp3) is 0. The molecule has 0 saturated carbocycles. The molecular formula is C22H15ClN2O4. The molecule has 0 amide bonds. The number of benzene rings is 4. The van der Waals surface area contributed by atoms with Gasteiger partial charge < -0.3 is 0 Å². The fourth-order valence-corrected chi connectivity index (χ4v) is 3.18. The van der Waals surface area contributed by atoms with Crippen molar-refractivity contribution in [3.05, 3.63) is 116 Å². The lowest BCUT2D eigenvalue weighted by molar-refractivity contribution is -0.421. The van der Waals surface area contributed by atoms with Gasteiger partial charge in [-0.25, -0.2) is 0 Å². The Labute approximate surface area is 171 Å². The molecule has 0 aliphatic rings. The van der Waals surface area contributed by atoms with Gasteiger partial charge in [0.15, 0.2) is 0 Å². The number of halogens is 1. The molecule has 0 aliphatic heterocycles. The third kappa shape index (κ3) is 4.56. The van der Waals surface area contributed by atoms with Crippen LogP contribution >= 0.6 is 11.6 Å². The van der Waals surface area contributed by atoms with Crippen molar-refractivity contribution >= 4 is 33.7 Å². The maximum absolute atomic E-state index is 10.9. The summed E-state index contributed by atoms with van der Waals surface area (Å²) in [5, 5.41) is 22.2. The highest BCUT2D eigenvalue weighted by Crippen LogP contribution is 2.40. The van der Waals surface area contributed by atoms with Crippen LogP contribution in [0.15, 0.2) is 91.0 Å². The van der Waals surface area contributed by atoms with E-state index in [0.717, 1.165) is 0 Å². The average Bonchev–Trinajstić information content (AvgIpc) is 2.74. The molecule has 0 spiro atoms. The maximum atomic E-state index is 10.9. The van der Waals surface area contributed by atoms with Gasteiger partial charge in [0.25, 0.3) is 0 Å². The number of nitro groups is 2. The summed E-state index contributed by atoms with van der Waals surface area (Å²) in [5.41, 5.74) is 1.31. The molecule has 0 unspecified atom stereocenters. The highest BCUT2D eigenvalue weighted by molar-refractivity contribution is 6.34. The van der Waals surface area contributed by atoms with Gasteiger partial charge in [-0.2, -0.15) is 0 Å². The Bertz CT molecular complexity index is 1130. The molecule has 6 nitrogen and oxygen atoms in total. The monoisotopic (exact) mass is 406 g/mol. The Morgan fingerprint density at radius 1 is 0.621 bits per heavy atom. The summed E-state index contributed by atoms with van der Waals surface area (Å²) in [6.07, 6.45) is 0. The maximum Gasteiger partial charge on any atom is 0.365 e. The second-order valence-corrected chi connectivity index (χ2v) is 6.43. The first-order valence-corrected chi connectivity index (χ1v) is 8.97. The summed E-state index contributed by atoms with van der Waals surface area (Å²) < 4.78 is 0. The van der Waals surface area contributed by atoms with Gasteiger partial charge in [0, 0.05) is 0 Å². The van der Waals surface area contributed by atoms with E-state index in [4.69, 9.17) is 11.6 Å². The van der Waals surface area contributed by atoms with Crippen molar-refractivity contribution in [3.63, 3.8) is 0 Å². The number of hydrogen-bond acceptors (Lipinski definition) is 4. The number of nitro benzene ring substituents is 2. The van der Waals surface area contributed by atoms with E-state index >= 15 is 0 Å². The van der Waals surface area contributed by atoms with Crippen molar-refractivity contribution in [2.75, 3.05) is 0 Å². The van der Waals surface area contributed by atoms with E-state index in [1.165, 1.54) is 23.3 Å². The molecule has 0 aromatic heterocycles. The lowest BCUT2D eigenvalue weighted by atomic mass is 10.1. The predicted molar refractivity (Wildman–Crippen MR) is 114 cm³/mol. The van der Waals surface area contributed by atoms with E-state index in [-0.39, 0.29) is 10.4 Å². The van der Waals surface area contributed by atoms with Crippen LogP contribution in [0.2, 0.25) is 5.02 Å². The minimum absolute atomic E-state index is 0.202. The number of fused-ring (bicyclic) bond motifs is 1. The second kappa shape index (κ2) is 8.95. The molecule has 0 radical (unpaired) electrons. The van der Waals surface area contributed by atoms with Gasteiger partial charge in [0.2, 0.25) is 0 Å². The lowest BCUT2D eigenvalue weighted by Crippen LogP contribution is -1.98. The number of nitrogens with zero attached hydrogens (tertiary/aromatic N) is 2. The van der Waals surface area contributed by atoms with E-state index < -0.39 is 21.2 Å². The zero-order chi connectivity index (χ0) is 20.8. The summed E-state index contributed by atoms with van der Waals surface area (Å²) >= 11 is 5.70. The van der Waals surface area contributed by atoms with Crippen molar-refractivity contribution in [1.82, 2.24) is 0 Å². The second-order valence-electron chi connectivity index (χ2n) is 6.02. The molecular weight excluding hydrogens is 392 g/mol. The lowest BCUT2D eigenvalue weighted by Gasteiger charge is -2.02. The van der Waals surface area contributed by atoms with Crippen LogP contribution in [0, 0.1) is 20.2 Å². The summed E-state index contributed by atoms with van der Waals surface area (Å²) in [7, 11) is 0. The van der Waals surface area contributed by atoms with Gasteiger partial charge in [-0.05, 0) is 28.6 Å². The molecule has 0 bridgehead atoms. The zero-order valence-electron chi connectivity index (χ0n) is 15.1. The first-order chi connectivity index (χ1) is 14.0. The smallest absolute Gasteiger partial charge is 0.258 e. The van der Waals surface area contributed by atoms with E-state index in [1.807, 2.05) is 12.1 Å². The van der Waals surface area contributed by atoms with Crippen LogP contribution < -0.4 is 0 Å². The van der Waals surface area contributed by atoms with Crippen molar-refractivity contribution in [2.45, 2.75) is 0 Å². The van der Waals surface area contributed by atoms with Crippen LogP contribution in [0.4, 0.5) is 11.4 Å². The molecule has 144 valence electrons. The van der Waals surface area contributed by atoms with Crippen LogP contribution in [0.5, 0.6) is 0 Å². The molecule has 4 aromatic rings. The van der Waals surface area contributed by atoms with Crippen LogP contribution in [0.1, 0.15) is 0 Å². The highest BCUT2D eigenvalue weighted by Gasteiger charge is 2.31. The van der Waals surface area contributed by atoms with Crippen LogP contribution in [-0.2, 0) is 0 Å². The van der Waals surface area contributed by atoms with Gasteiger partial charge in [0.05, 0.1) is 15.2 Å². The molecule has 29 heavy (non-hydrogen) atoms. The Morgan fingerprint density at radius 2 is 1.07 bits per heavy atom. The van der Waals surface area contributed by atoms with E-state index in [0.29, 0.717) is 5.39 Å². The summed E-state index contributed by atoms with van der Waals surface area (Å²) in [6.45, 7) is 0. The summed E-state index contributed by atoms with van der Waals surface area (Å²) in [6, 6.07) is 28.4. The molecule has 0 fully saturated rings. The molecule has 4 aromatic carbocycles.